The number of amides is 1. The van der Waals surface area contributed by atoms with Crippen LogP contribution in [0, 0.1) is 0 Å². The van der Waals surface area contributed by atoms with Gasteiger partial charge in [-0.15, -0.1) is 0 Å². The van der Waals surface area contributed by atoms with Crippen LogP contribution in [0.1, 0.15) is 32.1 Å². The minimum absolute atomic E-state index is 0.0699. The molecule has 5 nitrogen and oxygen atoms in total. The molecule has 1 aliphatic carbocycles. The van der Waals surface area contributed by atoms with Crippen LogP contribution in [0.2, 0.25) is 0 Å². The number of aromatic nitrogens is 1. The first-order valence-corrected chi connectivity index (χ1v) is 5.78. The molecule has 0 unspecified atom stereocenters. The summed E-state index contributed by atoms with van der Waals surface area (Å²) in [5, 5.41) is 9.53. The van der Waals surface area contributed by atoms with Crippen molar-refractivity contribution in [3.63, 3.8) is 0 Å². The van der Waals surface area contributed by atoms with E-state index < -0.39 is 0 Å². The van der Waals surface area contributed by atoms with Crippen molar-refractivity contribution >= 4 is 11.7 Å². The highest BCUT2D eigenvalue weighted by atomic mass is 16.5. The average Bonchev–Trinajstić information content (AvgIpc) is 2.81. The molecule has 1 aromatic rings. The van der Waals surface area contributed by atoms with Gasteiger partial charge in [0, 0.05) is 12.1 Å². The summed E-state index contributed by atoms with van der Waals surface area (Å²) >= 11 is 0. The summed E-state index contributed by atoms with van der Waals surface area (Å²) in [7, 11) is 0. The molecule has 1 amide bonds. The number of nitrogens with zero attached hydrogens (tertiary/aromatic N) is 1. The molecule has 2 N–H and O–H groups in total. The Balaban J connectivity index is 1.67. The third kappa shape index (κ3) is 3.34. The Morgan fingerprint density at radius 3 is 2.94 bits per heavy atom. The number of hydrogen-bond acceptors (Lipinski definition) is 4. The lowest BCUT2D eigenvalue weighted by atomic mass is 9.95. The van der Waals surface area contributed by atoms with Crippen molar-refractivity contribution in [2.24, 2.45) is 0 Å². The highest BCUT2D eigenvalue weighted by molar-refractivity contribution is 5.91. The van der Waals surface area contributed by atoms with Gasteiger partial charge in [0.05, 0.1) is 6.54 Å². The normalized spacial score (nSPS) is 17.2. The average molecular weight is 223 g/mol. The van der Waals surface area contributed by atoms with Gasteiger partial charge in [-0.1, -0.05) is 24.4 Å². The van der Waals surface area contributed by atoms with E-state index in [0.717, 1.165) is 0 Å². The number of hydrogen-bond donors (Lipinski definition) is 2. The first-order chi connectivity index (χ1) is 7.84. The summed E-state index contributed by atoms with van der Waals surface area (Å²) in [5.41, 5.74) is 0. The van der Waals surface area contributed by atoms with E-state index in [1.54, 1.807) is 6.07 Å². The van der Waals surface area contributed by atoms with Gasteiger partial charge in [-0.05, 0) is 12.8 Å². The van der Waals surface area contributed by atoms with Crippen LogP contribution in [0.4, 0.5) is 5.82 Å². The van der Waals surface area contributed by atoms with E-state index in [9.17, 15) is 4.79 Å². The molecule has 88 valence electrons. The van der Waals surface area contributed by atoms with Gasteiger partial charge in [0.15, 0.2) is 5.82 Å². The Morgan fingerprint density at radius 1 is 1.44 bits per heavy atom. The quantitative estimate of drug-likeness (QED) is 0.812. The molecule has 0 bridgehead atoms. The van der Waals surface area contributed by atoms with E-state index in [1.165, 1.54) is 38.4 Å². The minimum Gasteiger partial charge on any atom is -0.363 e. The summed E-state index contributed by atoms with van der Waals surface area (Å²) in [6.45, 7) is 0.345. The zero-order chi connectivity index (χ0) is 11.2. The third-order valence-electron chi connectivity index (χ3n) is 2.86. The summed E-state index contributed by atoms with van der Waals surface area (Å²) in [6.07, 6.45) is 7.65. The fraction of sp³-hybridized carbons (Fsp3) is 0.636. The Morgan fingerprint density at radius 2 is 2.25 bits per heavy atom. The highest BCUT2D eigenvalue weighted by Gasteiger charge is 2.14. The Hall–Kier alpha value is -1.36. The van der Waals surface area contributed by atoms with Crippen LogP contribution < -0.4 is 10.6 Å². The Labute approximate surface area is 94.6 Å². The predicted octanol–water partition coefficient (Wildman–Crippen LogP) is 1.54. The van der Waals surface area contributed by atoms with E-state index in [-0.39, 0.29) is 5.91 Å². The Bertz CT molecular complexity index is 318. The molecule has 1 fully saturated rings. The van der Waals surface area contributed by atoms with Gasteiger partial charge in [-0.2, -0.15) is 0 Å². The molecule has 16 heavy (non-hydrogen) atoms. The van der Waals surface area contributed by atoms with Gasteiger partial charge in [0.1, 0.15) is 6.26 Å². The van der Waals surface area contributed by atoms with Crippen molar-refractivity contribution in [2.75, 3.05) is 11.9 Å². The standard InChI is InChI=1S/C11H17N3O2/c15-11(13-10-6-7-16-14-10)8-12-9-4-2-1-3-5-9/h6-7,9,12H,1-5,8H2,(H,13,14,15). The van der Waals surface area contributed by atoms with E-state index in [0.29, 0.717) is 18.4 Å². The van der Waals surface area contributed by atoms with Crippen LogP contribution in [-0.2, 0) is 4.79 Å². The third-order valence-corrected chi connectivity index (χ3v) is 2.86. The summed E-state index contributed by atoms with van der Waals surface area (Å²) in [5.74, 6) is 0.398. The largest absolute Gasteiger partial charge is 0.363 e. The highest BCUT2D eigenvalue weighted by Crippen LogP contribution is 2.17. The van der Waals surface area contributed by atoms with E-state index in [1.807, 2.05) is 0 Å². The molecule has 0 spiro atoms. The fourth-order valence-corrected chi connectivity index (χ4v) is 2.01. The number of carbonyl (C=O) groups is 1. The lowest BCUT2D eigenvalue weighted by Crippen LogP contribution is -2.37. The van der Waals surface area contributed by atoms with E-state index in [2.05, 4.69) is 20.3 Å². The molecule has 2 rings (SSSR count). The Kier molecular flexibility index (Phi) is 3.93. The second kappa shape index (κ2) is 5.65. The maximum absolute atomic E-state index is 11.5. The molecule has 5 heteroatoms. The molecular weight excluding hydrogens is 206 g/mol. The number of anilines is 1. The molecule has 0 radical (unpaired) electrons. The van der Waals surface area contributed by atoms with E-state index >= 15 is 0 Å². The molecule has 0 atom stereocenters. The van der Waals surface area contributed by atoms with Crippen molar-refractivity contribution in [2.45, 2.75) is 38.1 Å². The molecule has 0 aliphatic heterocycles. The molecule has 1 heterocycles. The van der Waals surface area contributed by atoms with Crippen LogP contribution in [0.25, 0.3) is 0 Å². The van der Waals surface area contributed by atoms with E-state index in [4.69, 9.17) is 0 Å². The molecule has 0 aromatic carbocycles. The number of nitrogens with one attached hydrogen (secondary N) is 2. The lowest BCUT2D eigenvalue weighted by molar-refractivity contribution is -0.115. The van der Waals surface area contributed by atoms with Gasteiger partial charge >= 0.3 is 0 Å². The van der Waals surface area contributed by atoms with Crippen molar-refractivity contribution in [3.8, 4) is 0 Å². The van der Waals surface area contributed by atoms with Gasteiger partial charge in [-0.25, -0.2) is 0 Å². The second-order valence-electron chi connectivity index (χ2n) is 4.15. The number of carbonyl (C=O) groups excluding carboxylic acids is 1. The zero-order valence-corrected chi connectivity index (χ0v) is 9.24. The summed E-state index contributed by atoms with van der Waals surface area (Å²) < 4.78 is 4.62. The first kappa shape index (κ1) is 11.1. The van der Waals surface area contributed by atoms with Crippen LogP contribution in [0.15, 0.2) is 16.9 Å². The van der Waals surface area contributed by atoms with Crippen molar-refractivity contribution in [1.82, 2.24) is 10.5 Å². The van der Waals surface area contributed by atoms with Crippen LogP contribution >= 0.6 is 0 Å². The number of rotatable bonds is 4. The SMILES string of the molecule is O=C(CNC1CCCCC1)Nc1ccon1. The molecule has 1 aromatic heterocycles. The lowest BCUT2D eigenvalue weighted by Gasteiger charge is -2.22. The van der Waals surface area contributed by atoms with Gasteiger partial charge in [0.2, 0.25) is 5.91 Å². The van der Waals surface area contributed by atoms with Gasteiger partial charge in [-0.3, -0.25) is 4.79 Å². The molecule has 1 saturated carbocycles. The van der Waals surface area contributed by atoms with Gasteiger partial charge in [0.25, 0.3) is 0 Å². The first-order valence-electron chi connectivity index (χ1n) is 5.78. The maximum atomic E-state index is 11.5. The molecular formula is C11H17N3O2. The van der Waals surface area contributed by atoms with Crippen LogP contribution in [-0.4, -0.2) is 23.7 Å². The minimum atomic E-state index is -0.0699. The summed E-state index contributed by atoms with van der Waals surface area (Å²) in [4.78, 5) is 11.5. The van der Waals surface area contributed by atoms with Crippen molar-refractivity contribution < 1.29 is 9.32 Å². The molecule has 0 saturated heterocycles. The van der Waals surface area contributed by atoms with Gasteiger partial charge < -0.3 is 15.2 Å². The smallest absolute Gasteiger partial charge is 0.239 e. The monoisotopic (exact) mass is 223 g/mol. The van der Waals surface area contributed by atoms with Crippen LogP contribution in [0.3, 0.4) is 0 Å². The second-order valence-corrected chi connectivity index (χ2v) is 4.15. The van der Waals surface area contributed by atoms with Crippen LogP contribution in [0.5, 0.6) is 0 Å². The molecule has 1 aliphatic rings. The zero-order valence-electron chi connectivity index (χ0n) is 9.24. The maximum Gasteiger partial charge on any atom is 0.239 e. The predicted molar refractivity (Wildman–Crippen MR) is 60.0 cm³/mol. The summed E-state index contributed by atoms with van der Waals surface area (Å²) in [6, 6.07) is 2.12. The fourth-order valence-electron chi connectivity index (χ4n) is 2.01. The van der Waals surface area contributed by atoms with Crippen molar-refractivity contribution in [1.29, 1.82) is 0 Å². The van der Waals surface area contributed by atoms with Crippen molar-refractivity contribution in [3.05, 3.63) is 12.3 Å². The topological polar surface area (TPSA) is 67.2 Å².